The normalized spacial score (nSPS) is 9.00. The van der Waals surface area contributed by atoms with Gasteiger partial charge in [-0.2, -0.15) is 0 Å². The van der Waals surface area contributed by atoms with Crippen molar-refractivity contribution in [3.8, 4) is 12.3 Å². The van der Waals surface area contributed by atoms with E-state index in [2.05, 4.69) is 10.7 Å². The Morgan fingerprint density at radius 3 is 2.77 bits per heavy atom. The van der Waals surface area contributed by atoms with Crippen LogP contribution in [-0.4, -0.2) is 13.1 Å². The van der Waals surface area contributed by atoms with Crippen LogP contribution in [0, 0.1) is 19.3 Å². The Kier molecular flexibility index (Phi) is 2.71. The molecule has 2 nitrogen and oxygen atoms in total. The predicted octanol–water partition coefficient (Wildman–Crippen LogP) is 1.76. The number of carbonyl (C=O) groups is 1. The third-order valence-corrected chi connectivity index (χ3v) is 1.81. The fourth-order valence-corrected chi connectivity index (χ4v) is 1.02. The third-order valence-electron chi connectivity index (χ3n) is 1.81. The molecule has 2 heteroatoms. The quantitative estimate of drug-likeness (QED) is 0.479. The van der Waals surface area contributed by atoms with Gasteiger partial charge in [-0.3, -0.25) is 0 Å². The summed E-state index contributed by atoms with van der Waals surface area (Å²) in [4.78, 5) is 11.1. The number of rotatable bonds is 1. The van der Waals surface area contributed by atoms with E-state index in [0.717, 1.165) is 11.1 Å². The Labute approximate surface area is 77.5 Å². The van der Waals surface area contributed by atoms with Gasteiger partial charge in [0, 0.05) is 5.56 Å². The number of aryl methyl sites for hydroxylation is 1. The van der Waals surface area contributed by atoms with Gasteiger partial charge >= 0.3 is 5.97 Å². The van der Waals surface area contributed by atoms with Crippen molar-refractivity contribution in [3.05, 3.63) is 34.9 Å². The first-order chi connectivity index (χ1) is 6.19. The van der Waals surface area contributed by atoms with Gasteiger partial charge in [-0.25, -0.2) is 4.79 Å². The van der Waals surface area contributed by atoms with Gasteiger partial charge in [0.2, 0.25) is 0 Å². The van der Waals surface area contributed by atoms with Crippen molar-refractivity contribution in [2.24, 2.45) is 0 Å². The van der Waals surface area contributed by atoms with E-state index in [9.17, 15) is 4.79 Å². The second-order valence-electron chi connectivity index (χ2n) is 2.67. The second-order valence-corrected chi connectivity index (χ2v) is 2.67. The Balaban J connectivity index is 3.15. The maximum absolute atomic E-state index is 11.1. The Morgan fingerprint density at radius 2 is 2.23 bits per heavy atom. The minimum Gasteiger partial charge on any atom is -0.465 e. The summed E-state index contributed by atoms with van der Waals surface area (Å²) in [6, 6.07) is 5.16. The lowest BCUT2D eigenvalue weighted by Crippen LogP contribution is -2.01. The summed E-state index contributed by atoms with van der Waals surface area (Å²) in [5.74, 6) is 2.14. The molecule has 0 bridgehead atoms. The van der Waals surface area contributed by atoms with Gasteiger partial charge in [0.05, 0.1) is 12.7 Å². The molecule has 0 heterocycles. The summed E-state index contributed by atoms with van der Waals surface area (Å²) in [7, 11) is 1.34. The smallest absolute Gasteiger partial charge is 0.337 e. The molecule has 13 heavy (non-hydrogen) atoms. The number of terminal acetylenes is 1. The fourth-order valence-electron chi connectivity index (χ4n) is 1.02. The molecule has 0 saturated carbocycles. The van der Waals surface area contributed by atoms with Crippen molar-refractivity contribution in [1.82, 2.24) is 0 Å². The van der Waals surface area contributed by atoms with Crippen LogP contribution < -0.4 is 0 Å². The molecule has 0 amide bonds. The maximum atomic E-state index is 11.1. The average Bonchev–Trinajstić information content (AvgIpc) is 2.17. The molecule has 0 atom stereocenters. The van der Waals surface area contributed by atoms with Crippen LogP contribution in [0.4, 0.5) is 0 Å². The monoisotopic (exact) mass is 174 g/mol. The van der Waals surface area contributed by atoms with Gasteiger partial charge in [-0.1, -0.05) is 12.0 Å². The maximum Gasteiger partial charge on any atom is 0.337 e. The molecule has 0 radical (unpaired) electrons. The van der Waals surface area contributed by atoms with E-state index >= 15 is 0 Å². The minimum absolute atomic E-state index is 0.364. The SMILES string of the molecule is C#Cc1cc(C(=O)OC)ccc1C. The van der Waals surface area contributed by atoms with Gasteiger partial charge in [-0.15, -0.1) is 6.42 Å². The van der Waals surface area contributed by atoms with Gasteiger partial charge < -0.3 is 4.74 Å². The van der Waals surface area contributed by atoms with Crippen molar-refractivity contribution in [3.63, 3.8) is 0 Å². The Hall–Kier alpha value is -1.75. The standard InChI is InChI=1S/C11H10O2/c1-4-9-7-10(11(12)13-3)6-5-8(9)2/h1,5-7H,2-3H3. The first-order valence-corrected chi connectivity index (χ1v) is 3.84. The Morgan fingerprint density at radius 1 is 1.54 bits per heavy atom. The van der Waals surface area contributed by atoms with Gasteiger partial charge in [0.25, 0.3) is 0 Å². The van der Waals surface area contributed by atoms with E-state index in [1.54, 1.807) is 18.2 Å². The van der Waals surface area contributed by atoms with Gasteiger partial charge in [0.15, 0.2) is 0 Å². The molecule has 0 saturated heterocycles. The highest BCUT2D eigenvalue weighted by Gasteiger charge is 2.05. The number of carbonyl (C=O) groups excluding carboxylic acids is 1. The van der Waals surface area contributed by atoms with Crippen LogP contribution in [-0.2, 0) is 4.74 Å². The molecule has 0 aliphatic carbocycles. The molecule has 0 unspecified atom stereocenters. The van der Waals surface area contributed by atoms with E-state index in [1.165, 1.54) is 7.11 Å². The van der Waals surface area contributed by atoms with Crippen LogP contribution in [0.15, 0.2) is 18.2 Å². The molecule has 0 N–H and O–H groups in total. The second kappa shape index (κ2) is 3.77. The molecule has 1 aromatic carbocycles. The molecule has 0 aliphatic rings. The number of methoxy groups -OCH3 is 1. The zero-order chi connectivity index (χ0) is 9.84. The van der Waals surface area contributed by atoms with Crippen molar-refractivity contribution >= 4 is 5.97 Å². The topological polar surface area (TPSA) is 26.3 Å². The van der Waals surface area contributed by atoms with E-state index in [4.69, 9.17) is 6.42 Å². The highest BCUT2D eigenvalue weighted by molar-refractivity contribution is 5.89. The zero-order valence-electron chi connectivity index (χ0n) is 7.63. The van der Waals surface area contributed by atoms with E-state index in [-0.39, 0.29) is 5.97 Å². The number of hydrogen-bond acceptors (Lipinski definition) is 2. The fraction of sp³-hybridized carbons (Fsp3) is 0.182. The highest BCUT2D eigenvalue weighted by atomic mass is 16.5. The van der Waals surface area contributed by atoms with Gasteiger partial charge in [0.1, 0.15) is 0 Å². The van der Waals surface area contributed by atoms with Gasteiger partial charge in [-0.05, 0) is 24.6 Å². The number of benzene rings is 1. The molecular formula is C11H10O2. The molecule has 1 aromatic rings. The first kappa shape index (κ1) is 9.34. The lowest BCUT2D eigenvalue weighted by molar-refractivity contribution is 0.0600. The molecule has 0 spiro atoms. The summed E-state index contributed by atoms with van der Waals surface area (Å²) >= 11 is 0. The van der Waals surface area contributed by atoms with Crippen LogP contribution in [0.25, 0.3) is 0 Å². The van der Waals surface area contributed by atoms with Crippen molar-refractivity contribution in [2.75, 3.05) is 7.11 Å². The number of hydrogen-bond donors (Lipinski definition) is 0. The van der Waals surface area contributed by atoms with Crippen LogP contribution in [0.3, 0.4) is 0 Å². The average molecular weight is 174 g/mol. The molecule has 1 rings (SSSR count). The van der Waals surface area contributed by atoms with Crippen molar-refractivity contribution in [1.29, 1.82) is 0 Å². The van der Waals surface area contributed by atoms with Crippen LogP contribution in [0.1, 0.15) is 21.5 Å². The summed E-state index contributed by atoms with van der Waals surface area (Å²) in [5.41, 5.74) is 2.19. The summed E-state index contributed by atoms with van der Waals surface area (Å²) in [6.07, 6.45) is 5.26. The largest absolute Gasteiger partial charge is 0.465 e. The van der Waals surface area contributed by atoms with Crippen LogP contribution >= 0.6 is 0 Å². The lowest BCUT2D eigenvalue weighted by atomic mass is 10.1. The molecular weight excluding hydrogens is 164 g/mol. The van der Waals surface area contributed by atoms with E-state index in [1.807, 2.05) is 6.92 Å². The summed E-state index contributed by atoms with van der Waals surface area (Å²) in [6.45, 7) is 1.90. The summed E-state index contributed by atoms with van der Waals surface area (Å²) in [5, 5.41) is 0. The number of esters is 1. The van der Waals surface area contributed by atoms with Crippen LogP contribution in [0.2, 0.25) is 0 Å². The van der Waals surface area contributed by atoms with Crippen LogP contribution in [0.5, 0.6) is 0 Å². The Bertz CT molecular complexity index is 372. The molecule has 66 valence electrons. The third kappa shape index (κ3) is 1.88. The van der Waals surface area contributed by atoms with Crippen molar-refractivity contribution in [2.45, 2.75) is 6.92 Å². The first-order valence-electron chi connectivity index (χ1n) is 3.84. The molecule has 0 fully saturated rings. The van der Waals surface area contributed by atoms with E-state index < -0.39 is 0 Å². The minimum atomic E-state index is -0.364. The number of ether oxygens (including phenoxy) is 1. The lowest BCUT2D eigenvalue weighted by Gasteiger charge is -2.01. The van der Waals surface area contributed by atoms with E-state index in [0.29, 0.717) is 5.56 Å². The molecule has 0 aromatic heterocycles. The van der Waals surface area contributed by atoms with Crippen molar-refractivity contribution < 1.29 is 9.53 Å². The highest BCUT2D eigenvalue weighted by Crippen LogP contribution is 2.10. The predicted molar refractivity (Wildman–Crippen MR) is 50.5 cm³/mol. The molecule has 0 aliphatic heterocycles. The summed E-state index contributed by atoms with van der Waals surface area (Å²) < 4.78 is 4.57. The zero-order valence-corrected chi connectivity index (χ0v) is 7.63.